The molecule has 4 heteroatoms. The van der Waals surface area contributed by atoms with E-state index in [4.69, 9.17) is 0 Å². The summed E-state index contributed by atoms with van der Waals surface area (Å²) < 4.78 is 3.50. The van der Waals surface area contributed by atoms with Crippen molar-refractivity contribution < 1.29 is 4.79 Å². The van der Waals surface area contributed by atoms with Crippen LogP contribution in [0.4, 0.5) is 0 Å². The molecule has 1 unspecified atom stereocenters. The summed E-state index contributed by atoms with van der Waals surface area (Å²) in [6, 6.07) is 28.8. The summed E-state index contributed by atoms with van der Waals surface area (Å²) in [5, 5.41) is 3.08. The third-order valence-corrected chi connectivity index (χ3v) is 5.44. The van der Waals surface area contributed by atoms with Crippen molar-refractivity contribution in [3.05, 3.63) is 102 Å². The molecule has 0 heterocycles. The molecule has 0 aromatic heterocycles. The maximum Gasteiger partial charge on any atom is 0.220 e. The first-order valence-electron chi connectivity index (χ1n) is 9.55. The largest absolute Gasteiger partial charge is 0.354 e. The van der Waals surface area contributed by atoms with E-state index in [1.807, 2.05) is 36.4 Å². The molecule has 3 rings (SSSR count). The van der Waals surface area contributed by atoms with Crippen molar-refractivity contribution in [2.24, 2.45) is 0 Å². The van der Waals surface area contributed by atoms with E-state index in [9.17, 15) is 4.79 Å². The van der Waals surface area contributed by atoms with Crippen LogP contribution in [0.25, 0.3) is 0 Å². The number of amides is 1. The van der Waals surface area contributed by atoms with Gasteiger partial charge < -0.3 is 5.32 Å². The molecule has 0 spiro atoms. The van der Waals surface area contributed by atoms with Crippen LogP contribution in [-0.4, -0.2) is 12.5 Å². The lowest BCUT2D eigenvalue weighted by molar-refractivity contribution is -0.121. The van der Waals surface area contributed by atoms with Crippen molar-refractivity contribution in [2.75, 3.05) is 6.54 Å². The van der Waals surface area contributed by atoms with E-state index >= 15 is 0 Å². The van der Waals surface area contributed by atoms with Crippen LogP contribution in [0.15, 0.2) is 89.8 Å². The molecule has 3 aromatic rings. The third kappa shape index (κ3) is 6.55. The Hall–Kier alpha value is -2.56. The molecule has 3 nitrogen and oxygen atoms in total. The van der Waals surface area contributed by atoms with E-state index < -0.39 is 0 Å². The van der Waals surface area contributed by atoms with Crippen molar-refractivity contribution in [1.29, 1.82) is 0 Å². The second-order valence-electron chi connectivity index (χ2n) is 6.79. The molecular weight excluding hydrogens is 364 g/mol. The molecule has 0 saturated heterocycles. The van der Waals surface area contributed by atoms with Gasteiger partial charge in [-0.05, 0) is 48.6 Å². The number of aryl methyl sites for hydroxylation is 2. The summed E-state index contributed by atoms with van der Waals surface area (Å²) in [7, 11) is 0. The van der Waals surface area contributed by atoms with E-state index in [0.29, 0.717) is 13.0 Å². The van der Waals surface area contributed by atoms with E-state index in [1.54, 1.807) is 11.9 Å². The molecule has 3 aromatic carbocycles. The van der Waals surface area contributed by atoms with Gasteiger partial charge in [-0.1, -0.05) is 78.4 Å². The zero-order chi connectivity index (χ0) is 19.6. The van der Waals surface area contributed by atoms with Crippen LogP contribution in [-0.2, 0) is 11.2 Å². The highest BCUT2D eigenvalue weighted by atomic mass is 32.2. The Labute approximate surface area is 171 Å². The monoisotopic (exact) mass is 390 g/mol. The Morgan fingerprint density at radius 2 is 1.54 bits per heavy atom. The molecule has 28 heavy (non-hydrogen) atoms. The molecule has 0 aliphatic carbocycles. The van der Waals surface area contributed by atoms with Crippen LogP contribution >= 0.6 is 11.9 Å². The summed E-state index contributed by atoms with van der Waals surface area (Å²) in [4.78, 5) is 13.5. The lowest BCUT2D eigenvalue weighted by Gasteiger charge is -2.19. The zero-order valence-electron chi connectivity index (χ0n) is 16.1. The van der Waals surface area contributed by atoms with Crippen LogP contribution in [0, 0.1) is 6.92 Å². The normalized spacial score (nSPS) is 11.8. The number of carbonyl (C=O) groups excluding carboxylic acids is 1. The summed E-state index contributed by atoms with van der Waals surface area (Å²) >= 11 is 1.59. The van der Waals surface area contributed by atoms with Crippen molar-refractivity contribution >= 4 is 17.9 Å². The Bertz CT molecular complexity index is 851. The van der Waals surface area contributed by atoms with Gasteiger partial charge in [0.2, 0.25) is 5.91 Å². The average molecular weight is 391 g/mol. The third-order valence-electron chi connectivity index (χ3n) is 4.53. The van der Waals surface area contributed by atoms with Gasteiger partial charge in [0.1, 0.15) is 0 Å². The van der Waals surface area contributed by atoms with Crippen LogP contribution in [0.3, 0.4) is 0 Å². The molecule has 2 N–H and O–H groups in total. The Kier molecular flexibility index (Phi) is 7.71. The molecule has 0 bridgehead atoms. The fourth-order valence-corrected chi connectivity index (χ4v) is 3.64. The number of carbonyl (C=O) groups is 1. The lowest BCUT2D eigenvalue weighted by atomic mass is 10.1. The molecule has 0 aliphatic rings. The summed E-state index contributed by atoms with van der Waals surface area (Å²) in [5.41, 5.74) is 3.59. The van der Waals surface area contributed by atoms with Gasteiger partial charge in [-0.2, -0.15) is 0 Å². The number of rotatable bonds is 9. The maximum atomic E-state index is 12.3. The minimum absolute atomic E-state index is 0.0354. The zero-order valence-corrected chi connectivity index (χ0v) is 16.9. The molecule has 1 amide bonds. The fraction of sp³-hybridized carbons (Fsp3) is 0.208. The number of benzene rings is 3. The van der Waals surface area contributed by atoms with E-state index in [-0.39, 0.29) is 11.9 Å². The minimum Gasteiger partial charge on any atom is -0.354 e. The standard InChI is InChI=1S/C24H26N2OS/c1-19-12-15-22(16-13-19)28-26-23(21-10-6-3-7-11-21)18-25-24(27)17-14-20-8-4-2-5-9-20/h2-13,15-16,23,26H,14,17-18H2,1H3,(H,25,27). The predicted molar refractivity (Wildman–Crippen MR) is 117 cm³/mol. The second kappa shape index (κ2) is 10.7. The van der Waals surface area contributed by atoms with Crippen LogP contribution in [0.1, 0.15) is 29.2 Å². The Balaban J connectivity index is 1.54. The predicted octanol–water partition coefficient (Wildman–Crippen LogP) is 5.08. The van der Waals surface area contributed by atoms with Crippen molar-refractivity contribution in [3.63, 3.8) is 0 Å². The highest BCUT2D eigenvalue weighted by Crippen LogP contribution is 2.21. The highest BCUT2D eigenvalue weighted by molar-refractivity contribution is 7.97. The average Bonchev–Trinajstić information content (AvgIpc) is 2.75. The molecule has 144 valence electrons. The van der Waals surface area contributed by atoms with Gasteiger partial charge in [0.25, 0.3) is 0 Å². The van der Waals surface area contributed by atoms with E-state index in [2.05, 4.69) is 65.5 Å². The maximum absolute atomic E-state index is 12.3. The van der Waals surface area contributed by atoms with Crippen LogP contribution < -0.4 is 10.0 Å². The van der Waals surface area contributed by atoms with Crippen molar-refractivity contribution in [3.8, 4) is 0 Å². The second-order valence-corrected chi connectivity index (χ2v) is 7.70. The number of hydrogen-bond acceptors (Lipinski definition) is 3. The first-order valence-corrected chi connectivity index (χ1v) is 10.4. The Morgan fingerprint density at radius 3 is 2.21 bits per heavy atom. The fourth-order valence-electron chi connectivity index (χ4n) is 2.87. The van der Waals surface area contributed by atoms with Crippen molar-refractivity contribution in [2.45, 2.75) is 30.7 Å². The molecule has 0 fully saturated rings. The topological polar surface area (TPSA) is 41.1 Å². The van der Waals surface area contributed by atoms with Gasteiger partial charge in [0, 0.05) is 17.9 Å². The molecule has 0 aliphatic heterocycles. The van der Waals surface area contributed by atoms with Gasteiger partial charge in [-0.25, -0.2) is 0 Å². The quantitative estimate of drug-likeness (QED) is 0.501. The number of nitrogens with one attached hydrogen (secondary N) is 2. The van der Waals surface area contributed by atoms with Crippen molar-refractivity contribution in [1.82, 2.24) is 10.0 Å². The summed E-state index contributed by atoms with van der Waals surface area (Å²) in [5.74, 6) is 0.0759. The SMILES string of the molecule is Cc1ccc(SNC(CNC(=O)CCc2ccccc2)c2ccccc2)cc1. The molecule has 1 atom stereocenters. The van der Waals surface area contributed by atoms with E-state index in [1.165, 1.54) is 11.1 Å². The van der Waals surface area contributed by atoms with Gasteiger partial charge in [0.15, 0.2) is 0 Å². The smallest absolute Gasteiger partial charge is 0.220 e. The molecular formula is C24H26N2OS. The van der Waals surface area contributed by atoms with Crippen LogP contribution in [0.5, 0.6) is 0 Å². The minimum atomic E-state index is 0.0354. The van der Waals surface area contributed by atoms with Gasteiger partial charge in [0.05, 0.1) is 6.04 Å². The van der Waals surface area contributed by atoms with Crippen LogP contribution in [0.2, 0.25) is 0 Å². The van der Waals surface area contributed by atoms with Gasteiger partial charge >= 0.3 is 0 Å². The highest BCUT2D eigenvalue weighted by Gasteiger charge is 2.13. The van der Waals surface area contributed by atoms with Gasteiger partial charge in [-0.15, -0.1) is 0 Å². The lowest BCUT2D eigenvalue weighted by Crippen LogP contribution is -2.32. The first-order chi connectivity index (χ1) is 13.7. The number of hydrogen-bond donors (Lipinski definition) is 2. The first kappa shape index (κ1) is 20.2. The summed E-state index contributed by atoms with van der Waals surface area (Å²) in [6.45, 7) is 2.64. The molecule has 0 saturated carbocycles. The van der Waals surface area contributed by atoms with E-state index in [0.717, 1.165) is 16.9 Å². The molecule has 0 radical (unpaired) electrons. The van der Waals surface area contributed by atoms with Gasteiger partial charge in [-0.3, -0.25) is 9.52 Å². The Morgan fingerprint density at radius 1 is 0.893 bits per heavy atom. The summed E-state index contributed by atoms with van der Waals surface area (Å²) in [6.07, 6.45) is 1.25.